The number of esters is 1. The second-order valence-corrected chi connectivity index (χ2v) is 7.46. The van der Waals surface area contributed by atoms with E-state index in [4.69, 9.17) is 4.74 Å². The highest BCUT2D eigenvalue weighted by molar-refractivity contribution is 7.88. The molecule has 1 aromatic rings. The van der Waals surface area contributed by atoms with Crippen molar-refractivity contribution in [2.75, 3.05) is 19.3 Å². The zero-order valence-corrected chi connectivity index (χ0v) is 13.5. The van der Waals surface area contributed by atoms with E-state index in [0.29, 0.717) is 31.6 Å². The molecule has 0 saturated carbocycles. The fourth-order valence-corrected chi connectivity index (χ4v) is 3.47. The van der Waals surface area contributed by atoms with Crippen LogP contribution in [0.3, 0.4) is 0 Å². The highest BCUT2D eigenvalue weighted by Gasteiger charge is 2.31. The van der Waals surface area contributed by atoms with Gasteiger partial charge < -0.3 is 4.74 Å². The van der Waals surface area contributed by atoms with Gasteiger partial charge >= 0.3 is 5.97 Å². The van der Waals surface area contributed by atoms with Gasteiger partial charge in [-0.1, -0.05) is 24.3 Å². The number of nitrogens with zero attached hydrogens (tertiary/aromatic N) is 1. The van der Waals surface area contributed by atoms with Gasteiger partial charge in [0.1, 0.15) is 5.75 Å². The SMILES string of the molecule is C=CCc1ccccc1OC(=O)C1CCCN(S(C)(=O)=O)C1. The van der Waals surface area contributed by atoms with Crippen LogP contribution in [0.4, 0.5) is 0 Å². The monoisotopic (exact) mass is 323 g/mol. The Morgan fingerprint density at radius 3 is 2.86 bits per heavy atom. The molecule has 0 aliphatic carbocycles. The molecule has 1 aliphatic rings. The van der Waals surface area contributed by atoms with Crippen LogP contribution in [0.5, 0.6) is 5.75 Å². The van der Waals surface area contributed by atoms with E-state index < -0.39 is 15.9 Å². The minimum Gasteiger partial charge on any atom is -0.426 e. The van der Waals surface area contributed by atoms with Crippen LogP contribution in [0, 0.1) is 5.92 Å². The van der Waals surface area contributed by atoms with Gasteiger partial charge in [0.15, 0.2) is 0 Å². The molecule has 1 heterocycles. The zero-order valence-electron chi connectivity index (χ0n) is 12.7. The summed E-state index contributed by atoms with van der Waals surface area (Å²) in [5.41, 5.74) is 0.890. The Kier molecular flexibility index (Phi) is 5.37. The van der Waals surface area contributed by atoms with Crippen molar-refractivity contribution in [3.05, 3.63) is 42.5 Å². The molecule has 1 atom stereocenters. The summed E-state index contributed by atoms with van der Waals surface area (Å²) < 4.78 is 30.1. The largest absolute Gasteiger partial charge is 0.426 e. The molecule has 1 aliphatic heterocycles. The maximum absolute atomic E-state index is 12.3. The first-order valence-electron chi connectivity index (χ1n) is 7.27. The second-order valence-electron chi connectivity index (χ2n) is 5.48. The first-order chi connectivity index (χ1) is 10.4. The smallest absolute Gasteiger partial charge is 0.315 e. The van der Waals surface area contributed by atoms with Crippen LogP contribution in [-0.4, -0.2) is 38.0 Å². The fraction of sp³-hybridized carbons (Fsp3) is 0.438. The Morgan fingerprint density at radius 2 is 2.18 bits per heavy atom. The lowest BCUT2D eigenvalue weighted by molar-refractivity contribution is -0.140. The first-order valence-corrected chi connectivity index (χ1v) is 9.12. The van der Waals surface area contributed by atoms with Crippen molar-refractivity contribution >= 4 is 16.0 Å². The van der Waals surface area contributed by atoms with Crippen LogP contribution in [0.15, 0.2) is 36.9 Å². The van der Waals surface area contributed by atoms with Crippen LogP contribution in [0.2, 0.25) is 0 Å². The number of piperidine rings is 1. The first kappa shape index (κ1) is 16.7. The van der Waals surface area contributed by atoms with E-state index in [9.17, 15) is 13.2 Å². The van der Waals surface area contributed by atoms with Crippen molar-refractivity contribution in [1.82, 2.24) is 4.31 Å². The molecule has 1 aromatic carbocycles. The summed E-state index contributed by atoms with van der Waals surface area (Å²) in [6.07, 6.45) is 4.85. The van der Waals surface area contributed by atoms with E-state index in [2.05, 4.69) is 6.58 Å². The number of rotatable bonds is 5. The molecule has 0 bridgehead atoms. The average molecular weight is 323 g/mol. The maximum atomic E-state index is 12.3. The lowest BCUT2D eigenvalue weighted by atomic mass is 10.00. The minimum absolute atomic E-state index is 0.196. The predicted molar refractivity (Wildman–Crippen MR) is 85.1 cm³/mol. The van der Waals surface area contributed by atoms with Crippen molar-refractivity contribution in [2.24, 2.45) is 5.92 Å². The third-order valence-corrected chi connectivity index (χ3v) is 5.00. The van der Waals surface area contributed by atoms with Crippen molar-refractivity contribution in [2.45, 2.75) is 19.3 Å². The summed E-state index contributed by atoms with van der Waals surface area (Å²) in [5.74, 6) is -0.269. The molecule has 6 heteroatoms. The second kappa shape index (κ2) is 7.07. The Bertz CT molecular complexity index is 654. The van der Waals surface area contributed by atoms with E-state index in [0.717, 1.165) is 5.56 Å². The number of para-hydroxylation sites is 1. The zero-order chi connectivity index (χ0) is 16.2. The van der Waals surface area contributed by atoms with Crippen molar-refractivity contribution in [3.63, 3.8) is 0 Å². The summed E-state index contributed by atoms with van der Waals surface area (Å²) in [7, 11) is -3.27. The number of carbonyl (C=O) groups excluding carboxylic acids is 1. The normalized spacial score (nSPS) is 19.6. The highest BCUT2D eigenvalue weighted by Crippen LogP contribution is 2.24. The molecule has 2 rings (SSSR count). The van der Waals surface area contributed by atoms with Crippen molar-refractivity contribution in [1.29, 1.82) is 0 Å². The number of benzene rings is 1. The molecule has 120 valence electrons. The molecule has 1 unspecified atom stereocenters. The van der Waals surface area contributed by atoms with E-state index in [1.807, 2.05) is 12.1 Å². The fourth-order valence-electron chi connectivity index (χ4n) is 2.56. The van der Waals surface area contributed by atoms with Crippen LogP contribution in [0.25, 0.3) is 0 Å². The van der Waals surface area contributed by atoms with Crippen LogP contribution in [0.1, 0.15) is 18.4 Å². The number of ether oxygens (including phenoxy) is 1. The van der Waals surface area contributed by atoms with Crippen LogP contribution < -0.4 is 4.74 Å². The van der Waals surface area contributed by atoms with Crippen molar-refractivity contribution < 1.29 is 17.9 Å². The van der Waals surface area contributed by atoms with E-state index in [1.165, 1.54) is 10.6 Å². The summed E-state index contributed by atoms with van der Waals surface area (Å²) in [6, 6.07) is 7.31. The van der Waals surface area contributed by atoms with Gasteiger partial charge in [-0.15, -0.1) is 6.58 Å². The Hall–Kier alpha value is -1.66. The summed E-state index contributed by atoms with van der Waals surface area (Å²) >= 11 is 0. The van der Waals surface area contributed by atoms with Crippen molar-refractivity contribution in [3.8, 4) is 5.75 Å². The summed E-state index contributed by atoms with van der Waals surface area (Å²) in [4.78, 5) is 12.3. The van der Waals surface area contributed by atoms with E-state index in [1.54, 1.807) is 18.2 Å². The topological polar surface area (TPSA) is 63.7 Å². The van der Waals surface area contributed by atoms with Gasteiger partial charge in [-0.05, 0) is 30.9 Å². The molecule has 22 heavy (non-hydrogen) atoms. The minimum atomic E-state index is -3.27. The van der Waals surface area contributed by atoms with Crippen LogP contribution >= 0.6 is 0 Å². The van der Waals surface area contributed by atoms with E-state index in [-0.39, 0.29) is 12.5 Å². The molecule has 0 spiro atoms. The van der Waals surface area contributed by atoms with Gasteiger partial charge in [-0.2, -0.15) is 0 Å². The summed E-state index contributed by atoms with van der Waals surface area (Å²) in [6.45, 7) is 4.35. The van der Waals surface area contributed by atoms with Gasteiger partial charge in [0.25, 0.3) is 0 Å². The molecule has 5 nitrogen and oxygen atoms in total. The highest BCUT2D eigenvalue weighted by atomic mass is 32.2. The molecule has 0 N–H and O–H groups in total. The molecule has 1 fully saturated rings. The third kappa shape index (κ3) is 4.18. The molecule has 1 saturated heterocycles. The number of allylic oxidation sites excluding steroid dienone is 1. The molecule has 0 amide bonds. The van der Waals surface area contributed by atoms with Gasteiger partial charge in [0, 0.05) is 13.1 Å². The standard InChI is InChI=1S/C16H21NO4S/c1-3-7-13-8-4-5-10-15(13)21-16(18)14-9-6-11-17(12-14)22(2,19)20/h3-5,8,10,14H,1,6-7,9,11-12H2,2H3. The Labute approximate surface area is 131 Å². The van der Waals surface area contributed by atoms with Gasteiger partial charge in [-0.25, -0.2) is 12.7 Å². The quantitative estimate of drug-likeness (QED) is 0.472. The Balaban J connectivity index is 2.08. The third-order valence-electron chi connectivity index (χ3n) is 3.73. The number of sulfonamides is 1. The Morgan fingerprint density at radius 1 is 1.45 bits per heavy atom. The average Bonchev–Trinajstić information content (AvgIpc) is 2.49. The molecule has 0 aromatic heterocycles. The van der Waals surface area contributed by atoms with Gasteiger partial charge in [-0.3, -0.25) is 4.79 Å². The summed E-state index contributed by atoms with van der Waals surface area (Å²) in [5, 5.41) is 0. The van der Waals surface area contributed by atoms with Gasteiger partial charge in [0.2, 0.25) is 10.0 Å². The predicted octanol–water partition coefficient (Wildman–Crippen LogP) is 1.99. The molecular formula is C16H21NO4S. The molecular weight excluding hydrogens is 302 g/mol. The number of hydrogen-bond donors (Lipinski definition) is 0. The number of carbonyl (C=O) groups is 1. The lowest BCUT2D eigenvalue weighted by Crippen LogP contribution is -2.42. The maximum Gasteiger partial charge on any atom is 0.315 e. The van der Waals surface area contributed by atoms with Gasteiger partial charge in [0.05, 0.1) is 12.2 Å². The molecule has 0 radical (unpaired) electrons. The van der Waals surface area contributed by atoms with Crippen LogP contribution in [-0.2, 0) is 21.2 Å². The van der Waals surface area contributed by atoms with E-state index >= 15 is 0 Å². The lowest BCUT2D eigenvalue weighted by Gasteiger charge is -2.29. The number of hydrogen-bond acceptors (Lipinski definition) is 4.